The molecule has 0 spiro atoms. The number of nitrogens with zero attached hydrogens (tertiary/aromatic N) is 1. The van der Waals surface area contributed by atoms with Gasteiger partial charge < -0.3 is 10.1 Å². The van der Waals surface area contributed by atoms with E-state index in [1.165, 1.54) is 54.1 Å². The molecule has 0 bridgehead atoms. The van der Waals surface area contributed by atoms with Crippen molar-refractivity contribution >= 4 is 11.3 Å². The van der Waals surface area contributed by atoms with Crippen molar-refractivity contribution in [1.29, 1.82) is 0 Å². The molecule has 1 N–H and O–H groups in total. The minimum atomic E-state index is 0.0591. The number of methoxy groups -OCH3 is 1. The molecule has 0 radical (unpaired) electrons. The van der Waals surface area contributed by atoms with Gasteiger partial charge in [-0.1, -0.05) is 26.7 Å². The Morgan fingerprint density at radius 3 is 2.85 bits per heavy atom. The maximum atomic E-state index is 5.20. The Hall–Kier alpha value is -0.450. The summed E-state index contributed by atoms with van der Waals surface area (Å²) in [7, 11) is 1.76. The van der Waals surface area contributed by atoms with E-state index < -0.39 is 0 Å². The lowest BCUT2D eigenvalue weighted by Crippen LogP contribution is -2.43. The van der Waals surface area contributed by atoms with Gasteiger partial charge in [-0.15, -0.1) is 11.3 Å². The number of aromatic nitrogens is 1. The third-order valence-electron chi connectivity index (χ3n) is 4.34. The Morgan fingerprint density at radius 2 is 2.20 bits per heavy atom. The van der Waals surface area contributed by atoms with Gasteiger partial charge in [0.2, 0.25) is 0 Å². The number of nitrogens with one attached hydrogen (secondary N) is 1. The molecular weight excluding hydrogens is 268 g/mol. The molecule has 1 aromatic heterocycles. The summed E-state index contributed by atoms with van der Waals surface area (Å²) in [5.41, 5.74) is 1.43. The maximum Gasteiger partial charge on any atom is 0.113 e. The molecule has 1 heterocycles. The Bertz CT molecular complexity index is 397. The van der Waals surface area contributed by atoms with Gasteiger partial charge in [-0.2, -0.15) is 0 Å². The molecule has 4 heteroatoms. The van der Waals surface area contributed by atoms with E-state index in [4.69, 9.17) is 9.72 Å². The van der Waals surface area contributed by atoms with Crippen LogP contribution in [-0.4, -0.2) is 25.2 Å². The van der Waals surface area contributed by atoms with Gasteiger partial charge in [-0.25, -0.2) is 4.98 Å². The van der Waals surface area contributed by atoms with Crippen LogP contribution in [0.5, 0.6) is 0 Å². The van der Waals surface area contributed by atoms with Crippen molar-refractivity contribution in [2.75, 3.05) is 20.3 Å². The molecule has 0 saturated carbocycles. The van der Waals surface area contributed by atoms with Crippen molar-refractivity contribution in [3.05, 3.63) is 15.6 Å². The first-order valence-corrected chi connectivity index (χ1v) is 8.80. The van der Waals surface area contributed by atoms with Gasteiger partial charge >= 0.3 is 0 Å². The highest BCUT2D eigenvalue weighted by Crippen LogP contribution is 2.37. The molecule has 1 aromatic rings. The largest absolute Gasteiger partial charge is 0.383 e. The van der Waals surface area contributed by atoms with Gasteiger partial charge in [0.15, 0.2) is 0 Å². The van der Waals surface area contributed by atoms with E-state index in [-0.39, 0.29) is 5.54 Å². The summed E-state index contributed by atoms with van der Waals surface area (Å²) in [6.45, 7) is 6.21. The Kier molecular flexibility index (Phi) is 6.00. The summed E-state index contributed by atoms with van der Waals surface area (Å²) < 4.78 is 5.20. The van der Waals surface area contributed by atoms with E-state index in [0.29, 0.717) is 0 Å². The molecule has 2 rings (SSSR count). The molecule has 0 fully saturated rings. The summed E-state index contributed by atoms with van der Waals surface area (Å²) in [6, 6.07) is 0. The van der Waals surface area contributed by atoms with Crippen LogP contribution in [0.1, 0.15) is 61.5 Å². The van der Waals surface area contributed by atoms with Crippen molar-refractivity contribution in [3.63, 3.8) is 0 Å². The second kappa shape index (κ2) is 7.53. The topological polar surface area (TPSA) is 34.1 Å². The Balaban J connectivity index is 2.17. The lowest BCUT2D eigenvalue weighted by molar-refractivity contribution is 0.177. The normalized spacial score (nSPS) is 17.1. The fraction of sp³-hybridized carbons (Fsp3) is 0.812. The van der Waals surface area contributed by atoms with Crippen molar-refractivity contribution < 1.29 is 4.74 Å². The molecule has 1 aliphatic carbocycles. The number of hydrogen-bond acceptors (Lipinski definition) is 4. The molecule has 0 amide bonds. The van der Waals surface area contributed by atoms with Crippen LogP contribution in [0.4, 0.5) is 0 Å². The van der Waals surface area contributed by atoms with Gasteiger partial charge in [-0.05, 0) is 32.1 Å². The molecule has 3 nitrogen and oxygen atoms in total. The predicted octanol–water partition coefficient (Wildman–Crippen LogP) is 3.66. The van der Waals surface area contributed by atoms with Crippen LogP contribution in [0.3, 0.4) is 0 Å². The van der Waals surface area contributed by atoms with E-state index >= 15 is 0 Å². The molecular formula is C16H28N2OS. The first kappa shape index (κ1) is 15.9. The highest BCUT2D eigenvalue weighted by atomic mass is 32.1. The minimum Gasteiger partial charge on any atom is -0.383 e. The zero-order valence-corrected chi connectivity index (χ0v) is 13.9. The fourth-order valence-electron chi connectivity index (χ4n) is 2.99. The molecule has 0 aliphatic heterocycles. The highest BCUT2D eigenvalue weighted by molar-refractivity contribution is 7.12. The smallest absolute Gasteiger partial charge is 0.113 e. The Labute approximate surface area is 127 Å². The van der Waals surface area contributed by atoms with E-state index in [0.717, 1.165) is 19.6 Å². The summed E-state index contributed by atoms with van der Waals surface area (Å²) in [4.78, 5) is 6.51. The number of fused-ring (bicyclic) bond motifs is 1. The summed E-state index contributed by atoms with van der Waals surface area (Å²) >= 11 is 1.95. The van der Waals surface area contributed by atoms with Crippen molar-refractivity contribution in [1.82, 2.24) is 10.3 Å². The van der Waals surface area contributed by atoms with Crippen LogP contribution >= 0.6 is 11.3 Å². The zero-order valence-electron chi connectivity index (χ0n) is 13.1. The molecule has 20 heavy (non-hydrogen) atoms. The molecule has 0 saturated heterocycles. The molecule has 0 aromatic carbocycles. The van der Waals surface area contributed by atoms with Crippen LogP contribution in [0.15, 0.2) is 0 Å². The van der Waals surface area contributed by atoms with Crippen LogP contribution in [0, 0.1) is 0 Å². The third kappa shape index (κ3) is 3.41. The number of hydrogen-bond donors (Lipinski definition) is 1. The predicted molar refractivity (Wildman–Crippen MR) is 85.5 cm³/mol. The van der Waals surface area contributed by atoms with E-state index in [1.54, 1.807) is 7.11 Å². The molecule has 1 aliphatic rings. The summed E-state index contributed by atoms with van der Waals surface area (Å²) in [6.07, 6.45) is 8.46. The summed E-state index contributed by atoms with van der Waals surface area (Å²) in [5.74, 6) is 0. The van der Waals surface area contributed by atoms with Crippen molar-refractivity contribution in [2.24, 2.45) is 0 Å². The van der Waals surface area contributed by atoms with Gasteiger partial charge in [-0.3, -0.25) is 0 Å². The second-order valence-electron chi connectivity index (χ2n) is 5.70. The Morgan fingerprint density at radius 1 is 1.35 bits per heavy atom. The minimum absolute atomic E-state index is 0.0591. The fourth-order valence-corrected chi connectivity index (χ4v) is 4.41. The van der Waals surface area contributed by atoms with Gasteiger partial charge in [0, 0.05) is 18.5 Å². The average molecular weight is 296 g/mol. The zero-order chi connectivity index (χ0) is 14.4. The number of thiazole rings is 1. The number of aryl methyl sites for hydroxylation is 2. The summed E-state index contributed by atoms with van der Waals surface area (Å²) in [5, 5.41) is 5.06. The van der Waals surface area contributed by atoms with Gasteiger partial charge in [0.05, 0.1) is 17.8 Å². The first-order chi connectivity index (χ1) is 9.75. The van der Waals surface area contributed by atoms with Crippen molar-refractivity contribution in [3.8, 4) is 0 Å². The monoisotopic (exact) mass is 296 g/mol. The highest BCUT2D eigenvalue weighted by Gasteiger charge is 2.34. The van der Waals surface area contributed by atoms with Gasteiger partial charge in [0.1, 0.15) is 5.01 Å². The maximum absolute atomic E-state index is 5.20. The number of unbranched alkanes of at least 4 members (excludes halogenated alkanes) is 1. The van der Waals surface area contributed by atoms with Crippen LogP contribution < -0.4 is 5.32 Å². The van der Waals surface area contributed by atoms with E-state index in [1.807, 2.05) is 11.3 Å². The van der Waals surface area contributed by atoms with E-state index in [9.17, 15) is 0 Å². The number of ether oxygens (including phenoxy) is 1. The molecule has 1 atom stereocenters. The molecule has 1 unspecified atom stereocenters. The first-order valence-electron chi connectivity index (χ1n) is 7.98. The van der Waals surface area contributed by atoms with E-state index in [2.05, 4.69) is 19.2 Å². The van der Waals surface area contributed by atoms with Crippen LogP contribution in [0.25, 0.3) is 0 Å². The SMILES string of the molecule is CCCCC(CC)(NCCOC)c1nc2c(s1)CCC2. The lowest BCUT2D eigenvalue weighted by Gasteiger charge is -2.32. The molecule has 114 valence electrons. The average Bonchev–Trinajstić information content (AvgIpc) is 3.04. The third-order valence-corrected chi connectivity index (χ3v) is 5.70. The number of rotatable bonds is 9. The standard InChI is InChI=1S/C16H28N2OS/c1-4-6-10-16(5-2,17-11-12-19-3)15-18-13-8-7-9-14(13)20-15/h17H,4-12H2,1-3H3. The van der Waals surface area contributed by atoms with Crippen LogP contribution in [0.2, 0.25) is 0 Å². The second-order valence-corrected chi connectivity index (χ2v) is 6.78. The van der Waals surface area contributed by atoms with Gasteiger partial charge in [0.25, 0.3) is 0 Å². The van der Waals surface area contributed by atoms with Crippen LogP contribution in [-0.2, 0) is 23.1 Å². The van der Waals surface area contributed by atoms with Crippen molar-refractivity contribution in [2.45, 2.75) is 64.3 Å². The lowest BCUT2D eigenvalue weighted by atomic mass is 9.90. The quantitative estimate of drug-likeness (QED) is 0.706.